The molecule has 4 aliphatic rings. The van der Waals surface area contributed by atoms with Gasteiger partial charge in [-0.1, -0.05) is 11.6 Å². The van der Waals surface area contributed by atoms with E-state index in [4.69, 9.17) is 16.3 Å². The zero-order valence-electron chi connectivity index (χ0n) is 15.0. The van der Waals surface area contributed by atoms with Crippen LogP contribution in [-0.4, -0.2) is 42.1 Å². The second-order valence-electron chi connectivity index (χ2n) is 7.60. The number of ether oxygens (including phenoxy) is 1. The molecule has 1 aromatic carbocycles. The highest BCUT2D eigenvalue weighted by molar-refractivity contribution is 6.30. The van der Waals surface area contributed by atoms with Crippen LogP contribution in [0, 0.1) is 5.82 Å². The van der Waals surface area contributed by atoms with E-state index in [9.17, 15) is 22.4 Å². The summed E-state index contributed by atoms with van der Waals surface area (Å²) in [4.78, 5) is 15.9. The molecule has 0 atom stereocenters. The zero-order valence-corrected chi connectivity index (χ0v) is 15.8. The minimum absolute atomic E-state index is 0.0298. The van der Waals surface area contributed by atoms with Crippen LogP contribution in [0.3, 0.4) is 0 Å². The maximum absolute atomic E-state index is 13.4. The Balaban J connectivity index is 1.23. The third kappa shape index (κ3) is 3.98. The molecule has 0 spiro atoms. The fraction of sp³-hybridized carbons (Fsp3) is 0.444. The molecule has 2 bridgehead atoms. The molecule has 0 aromatic heterocycles. The van der Waals surface area contributed by atoms with Gasteiger partial charge in [-0.25, -0.2) is 9.38 Å². The lowest BCUT2D eigenvalue weighted by Gasteiger charge is -2.70. The molecule has 29 heavy (non-hydrogen) atoms. The van der Waals surface area contributed by atoms with Crippen molar-refractivity contribution in [2.45, 2.75) is 36.5 Å². The van der Waals surface area contributed by atoms with Gasteiger partial charge in [-0.3, -0.25) is 4.79 Å². The number of alkyl halides is 3. The van der Waals surface area contributed by atoms with Crippen molar-refractivity contribution in [3.63, 3.8) is 0 Å². The number of nitrogens with zero attached hydrogens (tertiary/aromatic N) is 1. The van der Waals surface area contributed by atoms with E-state index in [1.165, 1.54) is 12.1 Å². The van der Waals surface area contributed by atoms with Crippen LogP contribution < -0.4 is 20.7 Å². The standard InChI is InChI=1S/C18H17ClF4N4O2/c19-11-2-1-10(3-12(11)20)29-6-15(28)27-17-7-16(8-17,9-17)26-14-5-24-13(4-25-14)18(21,22)23/h1-4,24H,5-9H2,(H,25,26)(H,27,28). The number of carbonyl (C=O) groups is 1. The highest BCUT2D eigenvalue weighted by Crippen LogP contribution is 2.60. The number of hydrogen-bond acceptors (Lipinski definition) is 5. The highest BCUT2D eigenvalue weighted by Gasteiger charge is 2.69. The van der Waals surface area contributed by atoms with Gasteiger partial charge in [-0.2, -0.15) is 13.2 Å². The van der Waals surface area contributed by atoms with Crippen molar-refractivity contribution < 1.29 is 27.1 Å². The number of hydrogen-bond donors (Lipinski definition) is 3. The summed E-state index contributed by atoms with van der Waals surface area (Å²) in [6.07, 6.45) is -1.73. The molecule has 0 radical (unpaired) electrons. The van der Waals surface area contributed by atoms with Crippen molar-refractivity contribution in [2.24, 2.45) is 4.99 Å². The van der Waals surface area contributed by atoms with E-state index in [1.807, 2.05) is 0 Å². The summed E-state index contributed by atoms with van der Waals surface area (Å²) in [5, 5.41) is 8.35. The number of carbonyl (C=O) groups excluding carboxylic acids is 1. The summed E-state index contributed by atoms with van der Waals surface area (Å²) in [6.45, 7) is -0.289. The molecule has 1 aromatic rings. The quantitative estimate of drug-likeness (QED) is 0.625. The van der Waals surface area contributed by atoms with Crippen LogP contribution in [0.4, 0.5) is 17.6 Å². The first kappa shape index (κ1) is 19.8. The highest BCUT2D eigenvalue weighted by atomic mass is 35.5. The predicted molar refractivity (Wildman–Crippen MR) is 97.1 cm³/mol. The maximum Gasteiger partial charge on any atom is 0.432 e. The van der Waals surface area contributed by atoms with Gasteiger partial charge in [0, 0.05) is 17.1 Å². The van der Waals surface area contributed by atoms with Crippen LogP contribution in [0.1, 0.15) is 19.3 Å². The second-order valence-corrected chi connectivity index (χ2v) is 8.01. The molecule has 6 nitrogen and oxygen atoms in total. The molecule has 5 rings (SSSR count). The van der Waals surface area contributed by atoms with E-state index in [2.05, 4.69) is 20.9 Å². The molecular weight excluding hydrogens is 416 g/mol. The fourth-order valence-corrected chi connectivity index (χ4v) is 4.19. The molecule has 156 valence electrons. The number of rotatable bonds is 5. The van der Waals surface area contributed by atoms with Crippen LogP contribution in [0.25, 0.3) is 0 Å². The van der Waals surface area contributed by atoms with Gasteiger partial charge in [0.05, 0.1) is 17.8 Å². The number of aliphatic imine (C=N–C) groups is 1. The summed E-state index contributed by atoms with van der Waals surface area (Å²) >= 11 is 5.59. The molecule has 3 N–H and O–H groups in total. The van der Waals surface area contributed by atoms with Crippen molar-refractivity contribution in [1.29, 1.82) is 0 Å². The Bertz CT molecular complexity index is 896. The summed E-state index contributed by atoms with van der Waals surface area (Å²) in [6, 6.07) is 3.92. The van der Waals surface area contributed by atoms with Crippen LogP contribution in [0.5, 0.6) is 5.75 Å². The number of amidine groups is 1. The number of amides is 1. The van der Waals surface area contributed by atoms with E-state index in [-0.39, 0.29) is 40.9 Å². The normalized spacial score (nSPS) is 27.5. The van der Waals surface area contributed by atoms with Crippen LogP contribution >= 0.6 is 11.6 Å². The topological polar surface area (TPSA) is 74.8 Å². The lowest BCUT2D eigenvalue weighted by atomic mass is 9.44. The Morgan fingerprint density at radius 3 is 2.59 bits per heavy atom. The largest absolute Gasteiger partial charge is 0.484 e. The first-order chi connectivity index (χ1) is 13.6. The fourth-order valence-electron chi connectivity index (χ4n) is 4.07. The maximum atomic E-state index is 13.4. The zero-order chi connectivity index (χ0) is 20.9. The van der Waals surface area contributed by atoms with E-state index >= 15 is 0 Å². The minimum Gasteiger partial charge on any atom is -0.484 e. The number of benzene rings is 1. The minimum atomic E-state index is -4.44. The molecule has 1 aliphatic heterocycles. The van der Waals surface area contributed by atoms with Gasteiger partial charge >= 0.3 is 6.18 Å². The van der Waals surface area contributed by atoms with Crippen molar-refractivity contribution >= 4 is 23.3 Å². The van der Waals surface area contributed by atoms with Crippen LogP contribution in [0.15, 0.2) is 35.1 Å². The van der Waals surface area contributed by atoms with Gasteiger partial charge in [0.2, 0.25) is 0 Å². The van der Waals surface area contributed by atoms with E-state index < -0.39 is 17.7 Å². The van der Waals surface area contributed by atoms with Crippen molar-refractivity contribution in [3.8, 4) is 5.75 Å². The van der Waals surface area contributed by atoms with Crippen molar-refractivity contribution in [1.82, 2.24) is 16.0 Å². The van der Waals surface area contributed by atoms with E-state index in [0.717, 1.165) is 12.3 Å². The third-order valence-corrected chi connectivity index (χ3v) is 5.51. The molecule has 0 unspecified atom stereocenters. The Morgan fingerprint density at radius 1 is 1.28 bits per heavy atom. The number of nitrogens with one attached hydrogen (secondary N) is 3. The number of halogens is 5. The lowest BCUT2D eigenvalue weighted by Crippen LogP contribution is -2.84. The smallest absolute Gasteiger partial charge is 0.432 e. The molecule has 3 saturated carbocycles. The first-order valence-corrected chi connectivity index (χ1v) is 9.21. The number of allylic oxidation sites excluding steroid dienone is 1. The SMILES string of the molecule is O=C(COc1ccc(Cl)c(F)c1)NC12CC(NC3=NC=C(C(F)(F)F)NC3)(C1)C2. The summed E-state index contributed by atoms with van der Waals surface area (Å²) in [5.41, 5.74) is -1.46. The van der Waals surface area contributed by atoms with Crippen LogP contribution in [0.2, 0.25) is 5.02 Å². The molecule has 3 fully saturated rings. The summed E-state index contributed by atoms with van der Waals surface area (Å²) < 4.78 is 56.4. The monoisotopic (exact) mass is 432 g/mol. The first-order valence-electron chi connectivity index (χ1n) is 8.83. The molecule has 1 amide bonds. The van der Waals surface area contributed by atoms with Gasteiger partial charge in [0.1, 0.15) is 23.1 Å². The molecule has 1 heterocycles. The molecule has 11 heteroatoms. The predicted octanol–water partition coefficient (Wildman–Crippen LogP) is 2.64. The molecular formula is C18H17ClF4N4O2. The summed E-state index contributed by atoms with van der Waals surface area (Å²) in [5.74, 6) is -0.324. The third-order valence-electron chi connectivity index (χ3n) is 5.21. The molecule has 3 aliphatic carbocycles. The van der Waals surface area contributed by atoms with Crippen molar-refractivity contribution in [3.05, 3.63) is 40.9 Å². The Morgan fingerprint density at radius 2 is 2.00 bits per heavy atom. The second kappa shape index (κ2) is 6.79. The molecule has 0 saturated heterocycles. The van der Waals surface area contributed by atoms with E-state index in [1.54, 1.807) is 0 Å². The lowest BCUT2D eigenvalue weighted by molar-refractivity contribution is -0.140. The van der Waals surface area contributed by atoms with Gasteiger partial charge in [-0.05, 0) is 31.4 Å². The van der Waals surface area contributed by atoms with Gasteiger partial charge in [0.25, 0.3) is 5.91 Å². The average molecular weight is 433 g/mol. The van der Waals surface area contributed by atoms with Gasteiger partial charge in [0.15, 0.2) is 6.61 Å². The average Bonchev–Trinajstić information content (AvgIpc) is 2.59. The Hall–Kier alpha value is -2.49. The summed E-state index contributed by atoms with van der Waals surface area (Å²) in [7, 11) is 0. The Labute approximate surface area is 168 Å². The van der Waals surface area contributed by atoms with Crippen LogP contribution in [-0.2, 0) is 4.79 Å². The van der Waals surface area contributed by atoms with Gasteiger partial charge < -0.3 is 20.7 Å². The van der Waals surface area contributed by atoms with Crippen molar-refractivity contribution in [2.75, 3.05) is 13.2 Å². The van der Waals surface area contributed by atoms with Gasteiger partial charge in [-0.15, -0.1) is 0 Å². The Kier molecular flexibility index (Phi) is 4.64. The van der Waals surface area contributed by atoms with E-state index in [0.29, 0.717) is 25.1 Å².